The van der Waals surface area contributed by atoms with Crippen LogP contribution in [0.5, 0.6) is 0 Å². The molecule has 0 N–H and O–H groups in total. The molecule has 2 saturated heterocycles. The molecule has 0 radical (unpaired) electrons. The van der Waals surface area contributed by atoms with E-state index in [0.29, 0.717) is 6.61 Å². The summed E-state index contributed by atoms with van der Waals surface area (Å²) in [4.78, 5) is 12.5. The first-order valence-electron chi connectivity index (χ1n) is 10.1. The predicted octanol–water partition coefficient (Wildman–Crippen LogP) is 3.49. The summed E-state index contributed by atoms with van der Waals surface area (Å²) in [5.74, 6) is -1.32. The van der Waals surface area contributed by atoms with E-state index >= 15 is 0 Å². The summed E-state index contributed by atoms with van der Waals surface area (Å²) in [7, 11) is 0. The number of hydrogen-bond acceptors (Lipinski definition) is 7. The highest BCUT2D eigenvalue weighted by Gasteiger charge is 2.55. The van der Waals surface area contributed by atoms with E-state index in [9.17, 15) is 4.79 Å². The van der Waals surface area contributed by atoms with Crippen molar-refractivity contribution in [1.82, 2.24) is 0 Å². The number of benzene rings is 1. The molecule has 1 aromatic rings. The van der Waals surface area contributed by atoms with Gasteiger partial charge in [0.15, 0.2) is 12.1 Å². The van der Waals surface area contributed by atoms with Crippen LogP contribution in [0.25, 0.3) is 0 Å². The molecule has 0 bridgehead atoms. The molecule has 0 amide bonds. The number of rotatable bonds is 9. The van der Waals surface area contributed by atoms with Crippen LogP contribution in [0.15, 0.2) is 54.8 Å². The van der Waals surface area contributed by atoms with Crippen LogP contribution in [0.4, 0.5) is 0 Å². The number of ether oxygens (including phenoxy) is 6. The molecule has 0 aromatic heterocycles. The van der Waals surface area contributed by atoms with Crippen LogP contribution < -0.4 is 0 Å². The smallest absolute Gasteiger partial charge is 0.373 e. The average Bonchev–Trinajstić information content (AvgIpc) is 3.17. The third-order valence-corrected chi connectivity index (χ3v) is 4.52. The zero-order valence-electron chi connectivity index (χ0n) is 17.9. The normalized spacial score (nSPS) is 27.7. The summed E-state index contributed by atoms with van der Waals surface area (Å²) < 4.78 is 34.9. The molecule has 0 unspecified atom stereocenters. The van der Waals surface area contributed by atoms with E-state index in [1.165, 1.54) is 0 Å². The molecule has 0 saturated carbocycles. The topological polar surface area (TPSA) is 72.5 Å². The minimum atomic E-state index is -0.792. The van der Waals surface area contributed by atoms with Gasteiger partial charge in [-0.3, -0.25) is 0 Å². The molecule has 2 aliphatic rings. The number of fused-ring (bicyclic) bond motifs is 1. The molecule has 7 nitrogen and oxygen atoms in total. The van der Waals surface area contributed by atoms with E-state index in [1.54, 1.807) is 26.0 Å². The average molecular weight is 418 g/mol. The highest BCUT2D eigenvalue weighted by molar-refractivity contribution is 5.86. The van der Waals surface area contributed by atoms with Crippen LogP contribution in [-0.4, -0.2) is 49.1 Å². The van der Waals surface area contributed by atoms with Crippen molar-refractivity contribution in [2.24, 2.45) is 0 Å². The molecule has 0 spiro atoms. The summed E-state index contributed by atoms with van der Waals surface area (Å²) in [6.45, 7) is 11.4. The Balaban J connectivity index is 1.77. The van der Waals surface area contributed by atoms with Gasteiger partial charge in [-0.05, 0) is 39.3 Å². The van der Waals surface area contributed by atoms with Crippen LogP contribution in [-0.2, 0) is 39.8 Å². The Morgan fingerprint density at radius 2 is 1.90 bits per heavy atom. The van der Waals surface area contributed by atoms with Gasteiger partial charge in [0.25, 0.3) is 0 Å². The monoisotopic (exact) mass is 418 g/mol. The van der Waals surface area contributed by atoms with E-state index in [0.717, 1.165) is 5.56 Å². The fourth-order valence-corrected chi connectivity index (χ4v) is 3.36. The zero-order valence-corrected chi connectivity index (χ0v) is 17.9. The summed E-state index contributed by atoms with van der Waals surface area (Å²) >= 11 is 0. The zero-order chi connectivity index (χ0) is 21.7. The number of carbonyl (C=O) groups is 1. The largest absolute Gasteiger partial charge is 0.482 e. The SMILES string of the molecule is C=CCO/C(=C/[C@H]1O[C@H](OCc2ccccc2)[C@H]2OC(C)(C)O[C@H]21)C(=O)OC(C)C. The van der Waals surface area contributed by atoms with Gasteiger partial charge in [0.05, 0.1) is 12.7 Å². The van der Waals surface area contributed by atoms with Gasteiger partial charge in [-0.1, -0.05) is 43.0 Å². The second-order valence-corrected chi connectivity index (χ2v) is 7.92. The summed E-state index contributed by atoms with van der Waals surface area (Å²) in [6.07, 6.45) is 0.706. The molecule has 7 heteroatoms. The van der Waals surface area contributed by atoms with Crippen molar-refractivity contribution < 1.29 is 33.2 Å². The van der Waals surface area contributed by atoms with Crippen molar-refractivity contribution in [3.8, 4) is 0 Å². The Labute approximate surface area is 177 Å². The van der Waals surface area contributed by atoms with Crippen LogP contribution >= 0.6 is 0 Å². The van der Waals surface area contributed by atoms with Gasteiger partial charge >= 0.3 is 5.97 Å². The first-order valence-corrected chi connectivity index (χ1v) is 10.1. The third-order valence-electron chi connectivity index (χ3n) is 4.52. The van der Waals surface area contributed by atoms with E-state index in [1.807, 2.05) is 44.2 Å². The van der Waals surface area contributed by atoms with Gasteiger partial charge in [-0.2, -0.15) is 0 Å². The molecule has 4 atom stereocenters. The molecule has 30 heavy (non-hydrogen) atoms. The molecule has 3 rings (SSSR count). The quantitative estimate of drug-likeness (QED) is 0.263. The Hall–Kier alpha value is -2.19. The molecule has 2 heterocycles. The predicted molar refractivity (Wildman–Crippen MR) is 109 cm³/mol. The molecular formula is C23H30O7. The minimum absolute atomic E-state index is 0.0457. The maximum absolute atomic E-state index is 12.5. The van der Waals surface area contributed by atoms with Gasteiger partial charge in [-0.25, -0.2) is 4.79 Å². The van der Waals surface area contributed by atoms with Crippen molar-refractivity contribution in [2.45, 2.75) is 70.8 Å². The highest BCUT2D eigenvalue weighted by atomic mass is 16.8. The Kier molecular flexibility index (Phi) is 7.31. The van der Waals surface area contributed by atoms with Crippen LogP contribution in [0.3, 0.4) is 0 Å². The number of carbonyl (C=O) groups excluding carboxylic acids is 1. The lowest BCUT2D eigenvalue weighted by Crippen LogP contribution is -2.31. The van der Waals surface area contributed by atoms with Crippen molar-refractivity contribution in [2.75, 3.05) is 6.61 Å². The van der Waals surface area contributed by atoms with Gasteiger partial charge in [0.2, 0.25) is 5.76 Å². The van der Waals surface area contributed by atoms with Crippen molar-refractivity contribution in [3.63, 3.8) is 0 Å². The molecule has 1 aromatic carbocycles. The molecule has 164 valence electrons. The first kappa shape index (κ1) is 22.5. The third kappa shape index (κ3) is 5.70. The minimum Gasteiger partial charge on any atom is -0.482 e. The van der Waals surface area contributed by atoms with Crippen molar-refractivity contribution >= 4 is 5.97 Å². The number of hydrogen-bond donors (Lipinski definition) is 0. The Bertz CT molecular complexity index is 756. The first-order chi connectivity index (χ1) is 14.3. The second kappa shape index (κ2) is 9.75. The Morgan fingerprint density at radius 3 is 2.57 bits per heavy atom. The fourth-order valence-electron chi connectivity index (χ4n) is 3.36. The molecule has 0 aliphatic carbocycles. The lowest BCUT2D eigenvalue weighted by Gasteiger charge is -2.23. The molecular weight excluding hydrogens is 388 g/mol. The number of esters is 1. The second-order valence-electron chi connectivity index (χ2n) is 7.92. The van der Waals surface area contributed by atoms with Crippen molar-refractivity contribution in [3.05, 3.63) is 60.4 Å². The van der Waals surface area contributed by atoms with Gasteiger partial charge in [0, 0.05) is 0 Å². The van der Waals surface area contributed by atoms with Crippen LogP contribution in [0, 0.1) is 0 Å². The van der Waals surface area contributed by atoms with Gasteiger partial charge in [-0.15, -0.1) is 0 Å². The van der Waals surface area contributed by atoms with E-state index in [4.69, 9.17) is 28.4 Å². The van der Waals surface area contributed by atoms with Crippen molar-refractivity contribution in [1.29, 1.82) is 0 Å². The maximum Gasteiger partial charge on any atom is 0.373 e. The summed E-state index contributed by atoms with van der Waals surface area (Å²) in [5, 5.41) is 0. The van der Waals surface area contributed by atoms with E-state index < -0.39 is 36.4 Å². The van der Waals surface area contributed by atoms with Crippen LogP contribution in [0.1, 0.15) is 33.3 Å². The highest BCUT2D eigenvalue weighted by Crippen LogP contribution is 2.40. The fraction of sp³-hybridized carbons (Fsp3) is 0.522. The lowest BCUT2D eigenvalue weighted by molar-refractivity contribution is -0.231. The van der Waals surface area contributed by atoms with Gasteiger partial charge in [0.1, 0.15) is 24.9 Å². The Morgan fingerprint density at radius 1 is 1.20 bits per heavy atom. The standard InChI is InChI=1S/C23H30O7/c1-6-12-25-18(21(24)27-15(2)3)13-17-19-20(30-23(4,5)29-19)22(28-17)26-14-16-10-8-7-9-11-16/h6-11,13,15,17,19-20,22H,1,12,14H2,2-5H3/b18-13+/t17-,19+,20+,22+/m1/s1. The van der Waals surface area contributed by atoms with E-state index in [-0.39, 0.29) is 18.5 Å². The molecule has 2 aliphatic heterocycles. The summed E-state index contributed by atoms with van der Waals surface area (Å²) in [5.41, 5.74) is 1.02. The van der Waals surface area contributed by atoms with Gasteiger partial charge < -0.3 is 28.4 Å². The maximum atomic E-state index is 12.5. The summed E-state index contributed by atoms with van der Waals surface area (Å²) in [6, 6.07) is 9.80. The molecule has 2 fully saturated rings. The van der Waals surface area contributed by atoms with Crippen LogP contribution in [0.2, 0.25) is 0 Å². The van der Waals surface area contributed by atoms with E-state index in [2.05, 4.69) is 6.58 Å². The lowest BCUT2D eigenvalue weighted by atomic mass is 10.1.